The lowest BCUT2D eigenvalue weighted by Crippen LogP contribution is -2.43. The van der Waals surface area contributed by atoms with E-state index in [0.29, 0.717) is 58.4 Å². The molecular weight excluding hydrogens is 1030 g/mol. The number of esters is 1. The Bertz CT molecular complexity index is 2560. The normalized spacial score (nSPS) is 20.1. The number of nitrogens with one attached hydrogen (secondary N) is 2. The number of aliphatic hydroxyl groups excluding tert-OH is 2. The van der Waals surface area contributed by atoms with E-state index in [-0.39, 0.29) is 17.4 Å². The Hall–Kier alpha value is -4.48. The minimum Gasteiger partial charge on any atom is -0.462 e. The third kappa shape index (κ3) is 17.3. The van der Waals surface area contributed by atoms with Crippen molar-refractivity contribution in [3.05, 3.63) is 124 Å². The van der Waals surface area contributed by atoms with Crippen LogP contribution >= 0.6 is 31.3 Å². The molecule has 0 aliphatic carbocycles. The van der Waals surface area contributed by atoms with Crippen LogP contribution < -0.4 is 20.6 Å². The highest BCUT2D eigenvalue weighted by molar-refractivity contribution is 7.99. The monoisotopic (exact) mass is 1090 g/mol. The van der Waals surface area contributed by atoms with Crippen LogP contribution in [0.5, 0.6) is 5.75 Å². The number of amides is 1. The Kier molecular flexibility index (Phi) is 20.6. The van der Waals surface area contributed by atoms with Crippen molar-refractivity contribution in [2.24, 2.45) is 10.8 Å². The summed E-state index contributed by atoms with van der Waals surface area (Å²) in [6.45, 7) is 8.11. The summed E-state index contributed by atoms with van der Waals surface area (Å²) in [6.07, 6.45) is -11.8. The molecule has 0 spiro atoms. The SMILES string of the molecule is CC(C)OC(=O)[C@H](C)NP(=O)(OC[C@H]1O[C@@H](n2cc(F)c(NC(=O)CC(C)(C)CC[C@H](CCSCc3ccc(C(F)(F)F)cc3)SCc3ccc(C(F)(F)F)cc3)nc2=O)C(C)(CO)C1O)Oc1ccccc1. The predicted octanol–water partition coefficient (Wildman–Crippen LogP) is 10.6. The third-order valence-electron chi connectivity index (χ3n) is 11.8. The van der Waals surface area contributed by atoms with Crippen LogP contribution in [0.4, 0.5) is 36.6 Å². The zero-order valence-corrected chi connectivity index (χ0v) is 43.4. The number of hydrogen-bond acceptors (Lipinski definition) is 13. The summed E-state index contributed by atoms with van der Waals surface area (Å²) < 4.78 is 132. The highest BCUT2D eigenvalue weighted by Crippen LogP contribution is 2.49. The molecule has 3 unspecified atom stereocenters. The van der Waals surface area contributed by atoms with E-state index < -0.39 is 115 Å². The number of carbonyl (C=O) groups is 2. The summed E-state index contributed by atoms with van der Waals surface area (Å²) in [7, 11) is -4.46. The highest BCUT2D eigenvalue weighted by Gasteiger charge is 2.55. The lowest BCUT2D eigenvalue weighted by atomic mass is 9.83. The Morgan fingerprint density at radius 2 is 1.51 bits per heavy atom. The first-order chi connectivity index (χ1) is 34.1. The van der Waals surface area contributed by atoms with Crippen molar-refractivity contribution < 1.29 is 73.6 Å². The fourth-order valence-electron chi connectivity index (χ4n) is 7.62. The molecule has 1 aliphatic heterocycles. The summed E-state index contributed by atoms with van der Waals surface area (Å²) in [4.78, 5) is 43.3. The second kappa shape index (κ2) is 25.4. The number of hydrogen-bond donors (Lipinski definition) is 4. The summed E-state index contributed by atoms with van der Waals surface area (Å²) in [5, 5.41) is 26.7. The highest BCUT2D eigenvalue weighted by atomic mass is 32.2. The smallest absolute Gasteiger partial charge is 0.459 e. The number of halogens is 7. The molecule has 24 heteroatoms. The summed E-state index contributed by atoms with van der Waals surface area (Å²) in [5.74, 6) is -1.75. The van der Waals surface area contributed by atoms with Crippen molar-refractivity contribution in [1.29, 1.82) is 0 Å². The van der Waals surface area contributed by atoms with Crippen molar-refractivity contribution in [2.75, 3.05) is 24.3 Å². The molecule has 0 bridgehead atoms. The Balaban J connectivity index is 1.22. The van der Waals surface area contributed by atoms with Gasteiger partial charge in [-0.1, -0.05) is 63.2 Å². The van der Waals surface area contributed by atoms with Crippen LogP contribution in [0.25, 0.3) is 0 Å². The van der Waals surface area contributed by atoms with Crippen LogP contribution in [0.2, 0.25) is 0 Å². The van der Waals surface area contributed by atoms with Gasteiger partial charge >= 0.3 is 31.8 Å². The Morgan fingerprint density at radius 3 is 2.07 bits per heavy atom. The number of benzene rings is 3. The van der Waals surface area contributed by atoms with Gasteiger partial charge in [-0.25, -0.2) is 13.8 Å². The van der Waals surface area contributed by atoms with E-state index in [0.717, 1.165) is 24.3 Å². The summed E-state index contributed by atoms with van der Waals surface area (Å²) >= 11 is 3.04. The number of para-hydroxylation sites is 1. The summed E-state index contributed by atoms with van der Waals surface area (Å²) in [5.41, 5.74) is -3.68. The molecule has 1 amide bonds. The van der Waals surface area contributed by atoms with E-state index in [9.17, 15) is 55.5 Å². The number of aliphatic hydroxyl groups is 2. The van der Waals surface area contributed by atoms with Gasteiger partial charge in [0.15, 0.2) is 11.6 Å². The van der Waals surface area contributed by atoms with Gasteiger partial charge in [0.1, 0.15) is 24.1 Å². The van der Waals surface area contributed by atoms with Crippen molar-refractivity contribution in [2.45, 2.75) is 127 Å². The van der Waals surface area contributed by atoms with E-state index in [2.05, 4.69) is 15.4 Å². The van der Waals surface area contributed by atoms with Crippen LogP contribution in [-0.4, -0.2) is 80.2 Å². The zero-order valence-electron chi connectivity index (χ0n) is 40.9. The lowest BCUT2D eigenvalue weighted by Gasteiger charge is -2.31. The zero-order chi connectivity index (χ0) is 53.9. The lowest BCUT2D eigenvalue weighted by molar-refractivity contribution is -0.149. The van der Waals surface area contributed by atoms with Crippen LogP contribution in [0.3, 0.4) is 0 Å². The molecule has 14 nitrogen and oxygen atoms in total. The van der Waals surface area contributed by atoms with Crippen molar-refractivity contribution in [3.63, 3.8) is 0 Å². The number of carbonyl (C=O) groups excluding carboxylic acids is 2. The first-order valence-electron chi connectivity index (χ1n) is 23.1. The molecule has 73 heavy (non-hydrogen) atoms. The minimum absolute atomic E-state index is 0.0450. The molecule has 0 saturated carbocycles. The maximum absolute atomic E-state index is 15.8. The summed E-state index contributed by atoms with van der Waals surface area (Å²) in [6, 6.07) is 16.4. The van der Waals surface area contributed by atoms with Gasteiger partial charge in [-0.15, -0.1) is 0 Å². The van der Waals surface area contributed by atoms with Crippen LogP contribution in [0.1, 0.15) is 95.7 Å². The van der Waals surface area contributed by atoms with Gasteiger partial charge < -0.3 is 29.5 Å². The van der Waals surface area contributed by atoms with Gasteiger partial charge in [0.05, 0.1) is 48.2 Å². The molecule has 7 atom stereocenters. The van der Waals surface area contributed by atoms with Gasteiger partial charge in [0.2, 0.25) is 5.91 Å². The molecule has 1 aliphatic rings. The molecule has 2 heterocycles. The molecule has 1 fully saturated rings. The largest absolute Gasteiger partial charge is 0.462 e. The molecule has 5 rings (SSSR count). The van der Waals surface area contributed by atoms with Gasteiger partial charge in [-0.2, -0.15) is 59.9 Å². The molecule has 4 N–H and O–H groups in total. The molecule has 0 radical (unpaired) electrons. The molecule has 1 saturated heterocycles. The van der Waals surface area contributed by atoms with E-state index in [4.69, 9.17) is 18.5 Å². The Morgan fingerprint density at radius 1 is 0.918 bits per heavy atom. The predicted molar refractivity (Wildman–Crippen MR) is 263 cm³/mol. The Labute approximate surface area is 427 Å². The maximum atomic E-state index is 15.8. The number of anilines is 1. The number of nitrogens with zero attached hydrogens (tertiary/aromatic N) is 2. The first kappa shape index (κ1) is 59.4. The van der Waals surface area contributed by atoms with Crippen LogP contribution in [0, 0.1) is 16.6 Å². The van der Waals surface area contributed by atoms with E-state index in [1.54, 1.807) is 32.0 Å². The van der Waals surface area contributed by atoms with Crippen molar-refractivity contribution >= 4 is 49.0 Å². The minimum atomic E-state index is -4.49. The molecule has 3 aromatic carbocycles. The number of thioether (sulfide) groups is 2. The third-order valence-corrected chi connectivity index (χ3v) is 15.9. The van der Waals surface area contributed by atoms with Crippen molar-refractivity contribution in [3.8, 4) is 5.75 Å². The standard InChI is InChI=1S/C49H60F7N4O10PS2/c1-30(2)68-43(64)31(3)59-71(66,70-36-10-8-7-9-11-36)67-26-39-41(63)47(6,29-61)44(69-39)60-25-38(50)42(58-45(60)65)57-40(62)24-46(4,5)22-20-37(73-28-33-14-18-35(19-15-33)49(54,55)56)21-23-72-27-32-12-16-34(17-13-32)48(51,52)53/h7-19,25,30-31,37,39,41,44,61,63H,20-24,26-29H2,1-6H3,(H,59,66)(H,57,58,62,65)/t31-,37+,39+,41?,44+,47?,71?/m0/s1. The average molecular weight is 1090 g/mol. The number of aromatic nitrogens is 2. The van der Waals surface area contributed by atoms with Crippen LogP contribution in [-0.2, 0) is 52.0 Å². The molecule has 4 aromatic rings. The fourth-order valence-corrected chi connectivity index (χ4v) is 11.5. The van der Waals surface area contributed by atoms with E-state index in [1.165, 1.54) is 73.8 Å². The number of alkyl halides is 6. The van der Waals surface area contributed by atoms with Gasteiger partial charge in [-0.05, 0) is 98.7 Å². The fraction of sp³-hybridized carbons (Fsp3) is 0.510. The van der Waals surface area contributed by atoms with Gasteiger partial charge in [0, 0.05) is 23.2 Å². The maximum Gasteiger partial charge on any atom is 0.459 e. The quantitative estimate of drug-likeness (QED) is 0.0212. The number of rotatable bonds is 25. The van der Waals surface area contributed by atoms with E-state index >= 15 is 4.39 Å². The topological polar surface area (TPSA) is 188 Å². The van der Waals surface area contributed by atoms with Gasteiger partial charge in [-0.3, -0.25) is 18.7 Å². The second-order valence-electron chi connectivity index (χ2n) is 18.9. The van der Waals surface area contributed by atoms with Crippen molar-refractivity contribution in [1.82, 2.24) is 14.6 Å². The average Bonchev–Trinajstić information content (AvgIpc) is 3.56. The molecule has 402 valence electrons. The first-order valence-corrected chi connectivity index (χ1v) is 26.9. The molecule has 1 aromatic heterocycles. The van der Waals surface area contributed by atoms with E-state index in [1.807, 2.05) is 13.8 Å². The van der Waals surface area contributed by atoms with Crippen LogP contribution in [0.15, 0.2) is 89.9 Å². The molecular formula is C49H60F7N4O10PS2. The van der Waals surface area contributed by atoms with Gasteiger partial charge in [0.25, 0.3) is 0 Å². The second-order valence-corrected chi connectivity index (χ2v) is 23.0. The number of ether oxygens (including phenoxy) is 2.